The number of rotatable bonds is 14. The van der Waals surface area contributed by atoms with E-state index in [1.165, 1.54) is 143 Å². The van der Waals surface area contributed by atoms with Crippen molar-refractivity contribution in [2.45, 2.75) is 38.5 Å². The third-order valence-electron chi connectivity index (χ3n) is 25.7. The Labute approximate surface area is 689 Å². The van der Waals surface area contributed by atoms with E-state index in [0.717, 1.165) is 78.5 Å². The van der Waals surface area contributed by atoms with Crippen molar-refractivity contribution >= 4 is 88.0 Å². The molecule has 0 spiro atoms. The SMILES string of the molecule is CC1(C)c2ccccc2-c2c(-c3ccccc3N(c3ccc(-c4cccc5cccc(-c6cccc(-c7ccc8ccc9c(N(c%10ccc(-c%11cccc%12cccc(-c%13ccccc%13)c%11%12)cc%10)c%10ccccc%10-c%10cccc%11c%10-c%10ccccc%10C%11(C)C)cccc9c8c7)c6)c45)cc3)c3ccccc3-c3ccc4ccccc4c3)cccc21. The predicted octanol–water partition coefficient (Wildman–Crippen LogP) is 32.3. The summed E-state index contributed by atoms with van der Waals surface area (Å²) < 4.78 is 0. The van der Waals surface area contributed by atoms with Crippen LogP contribution in [-0.4, -0.2) is 0 Å². The largest absolute Gasteiger partial charge is 0.309 e. The maximum Gasteiger partial charge on any atom is 0.0540 e. The normalized spacial score (nSPS) is 12.9. The van der Waals surface area contributed by atoms with Crippen LogP contribution in [0.3, 0.4) is 0 Å². The van der Waals surface area contributed by atoms with Gasteiger partial charge in [0.05, 0.1) is 22.7 Å². The smallest absolute Gasteiger partial charge is 0.0540 e. The minimum atomic E-state index is -0.161. The third kappa shape index (κ3) is 11.5. The van der Waals surface area contributed by atoms with Crippen molar-refractivity contribution in [1.82, 2.24) is 0 Å². The summed E-state index contributed by atoms with van der Waals surface area (Å²) in [6.07, 6.45) is 0. The zero-order chi connectivity index (χ0) is 78.7. The minimum absolute atomic E-state index is 0.150. The number of para-hydroxylation sites is 3. The fraction of sp³-hybridized carbons (Fsp3) is 0.0517. The molecule has 0 fully saturated rings. The van der Waals surface area contributed by atoms with E-state index in [0.29, 0.717) is 0 Å². The lowest BCUT2D eigenvalue weighted by atomic mass is 9.82. The Balaban J connectivity index is 0.651. The number of hydrogen-bond donors (Lipinski definition) is 0. The Hall–Kier alpha value is -14.7. The van der Waals surface area contributed by atoms with Crippen molar-refractivity contribution < 1.29 is 0 Å². The highest BCUT2D eigenvalue weighted by Crippen LogP contribution is 2.58. The fourth-order valence-corrected chi connectivity index (χ4v) is 20.0. The van der Waals surface area contributed by atoms with Crippen molar-refractivity contribution in [2.24, 2.45) is 0 Å². The van der Waals surface area contributed by atoms with E-state index in [1.54, 1.807) is 0 Å². The molecule has 0 N–H and O–H groups in total. The predicted molar refractivity (Wildman–Crippen MR) is 502 cm³/mol. The Bertz CT molecular complexity index is 7420. The molecule has 2 heteroatoms. The van der Waals surface area contributed by atoms with Gasteiger partial charge in [-0.05, 0) is 232 Å². The van der Waals surface area contributed by atoms with Gasteiger partial charge in [0, 0.05) is 44.3 Å². The summed E-state index contributed by atoms with van der Waals surface area (Å²) in [5.74, 6) is 0. The van der Waals surface area contributed by atoms with Gasteiger partial charge in [0.25, 0.3) is 0 Å². The van der Waals surface area contributed by atoms with Crippen LogP contribution in [0.4, 0.5) is 34.1 Å². The summed E-state index contributed by atoms with van der Waals surface area (Å²) in [5.41, 5.74) is 35.8. The number of fused-ring (bicyclic) bond motifs is 12. The lowest BCUT2D eigenvalue weighted by Crippen LogP contribution is -2.15. The van der Waals surface area contributed by atoms with Gasteiger partial charge in [0.15, 0.2) is 0 Å². The number of anilines is 6. The molecule has 2 aliphatic rings. The molecule has 0 bridgehead atoms. The Morgan fingerprint density at radius 2 is 0.508 bits per heavy atom. The van der Waals surface area contributed by atoms with Crippen molar-refractivity contribution in [3.05, 3.63) is 447 Å². The second kappa shape index (κ2) is 28.1. The molecule has 0 unspecified atom stereocenters. The van der Waals surface area contributed by atoms with E-state index in [9.17, 15) is 0 Å². The summed E-state index contributed by atoms with van der Waals surface area (Å²) in [7, 11) is 0. The van der Waals surface area contributed by atoms with Gasteiger partial charge in [-0.25, -0.2) is 0 Å². The van der Waals surface area contributed by atoms with Crippen molar-refractivity contribution in [3.8, 4) is 111 Å². The molecule has 118 heavy (non-hydrogen) atoms. The molecule has 0 amide bonds. The zero-order valence-electron chi connectivity index (χ0n) is 66.3. The van der Waals surface area contributed by atoms with E-state index >= 15 is 0 Å². The molecule has 0 heterocycles. The van der Waals surface area contributed by atoms with Crippen LogP contribution >= 0.6 is 0 Å². The first kappa shape index (κ1) is 70.0. The molecular weight excluding hydrogens is 1420 g/mol. The summed E-state index contributed by atoms with van der Waals surface area (Å²) in [6, 6.07) is 159. The second-order valence-electron chi connectivity index (χ2n) is 32.9. The van der Waals surface area contributed by atoms with Crippen LogP contribution in [-0.2, 0) is 10.8 Å². The van der Waals surface area contributed by atoms with Gasteiger partial charge < -0.3 is 9.80 Å². The first-order chi connectivity index (χ1) is 58.1. The van der Waals surface area contributed by atoms with Crippen molar-refractivity contribution in [2.75, 3.05) is 9.80 Å². The van der Waals surface area contributed by atoms with Crippen LogP contribution in [0.5, 0.6) is 0 Å². The second-order valence-corrected chi connectivity index (χ2v) is 32.9. The molecule has 0 radical (unpaired) electrons. The molecule has 22 rings (SSSR count). The first-order valence-corrected chi connectivity index (χ1v) is 41.3. The molecule has 0 saturated heterocycles. The van der Waals surface area contributed by atoms with Gasteiger partial charge in [0.2, 0.25) is 0 Å². The number of nitrogens with zero attached hydrogens (tertiary/aromatic N) is 2. The summed E-state index contributed by atoms with van der Waals surface area (Å²) in [4.78, 5) is 5.03. The summed E-state index contributed by atoms with van der Waals surface area (Å²) in [5, 5.41) is 12.0. The minimum Gasteiger partial charge on any atom is -0.309 e. The third-order valence-corrected chi connectivity index (χ3v) is 25.7. The van der Waals surface area contributed by atoms with Gasteiger partial charge in [-0.15, -0.1) is 0 Å². The molecular formula is C116H82N2. The van der Waals surface area contributed by atoms with Gasteiger partial charge in [-0.2, -0.15) is 0 Å². The molecule has 0 saturated carbocycles. The Morgan fingerprint density at radius 3 is 1.08 bits per heavy atom. The van der Waals surface area contributed by atoms with E-state index in [-0.39, 0.29) is 10.8 Å². The standard InChI is InChI=1S/C116H82N2/c1-115(2)103-50-15-10-41-100(103)113-98(48-25-52-105(113)115)95-39-13-18-55-108(95)117(107-54-17-12-38-89(107)86-61-58-75-28-8-9-31-82(75)72-86)87-67-62-78(63-68-87)92-45-23-34-81-35-24-46-93(112(81)92)85-37-20-36-83(73-85)84-60-59-79-66-71-97-94(102(79)74-84)47-27-57-110(97)118(109-56-19-14-40-96(109)99-49-26-53-106-114(99)101-42-11-16-51-104(101)116(106,3)4)88-69-64-77(65-70-88)91-44-22-33-80-32-21-43-90(111(80)91)76-29-6-5-7-30-76/h5-74H,1-4H3. The van der Waals surface area contributed by atoms with Gasteiger partial charge in [0.1, 0.15) is 0 Å². The molecule has 2 aliphatic carbocycles. The maximum atomic E-state index is 2.52. The fourth-order valence-electron chi connectivity index (χ4n) is 20.0. The monoisotopic (exact) mass is 1500 g/mol. The van der Waals surface area contributed by atoms with Gasteiger partial charge in [-0.1, -0.05) is 386 Å². The highest BCUT2D eigenvalue weighted by molar-refractivity contribution is 6.16. The molecule has 0 atom stereocenters. The van der Waals surface area contributed by atoms with Gasteiger partial charge in [-0.3, -0.25) is 0 Å². The molecule has 0 aromatic heterocycles. The van der Waals surface area contributed by atoms with E-state index < -0.39 is 0 Å². The molecule has 0 aliphatic heterocycles. The van der Waals surface area contributed by atoms with Crippen LogP contribution in [0.25, 0.3) is 165 Å². The quantitative estimate of drug-likeness (QED) is 0.100. The zero-order valence-corrected chi connectivity index (χ0v) is 66.3. The lowest BCUT2D eigenvalue weighted by molar-refractivity contribution is 0.660. The topological polar surface area (TPSA) is 6.48 Å². The van der Waals surface area contributed by atoms with Crippen LogP contribution in [0.1, 0.15) is 49.9 Å². The average Bonchev–Trinajstić information content (AvgIpc) is 1.67. The van der Waals surface area contributed by atoms with Crippen molar-refractivity contribution in [1.29, 1.82) is 0 Å². The number of benzene rings is 20. The van der Waals surface area contributed by atoms with Gasteiger partial charge >= 0.3 is 0 Å². The molecule has 2 nitrogen and oxygen atoms in total. The van der Waals surface area contributed by atoms with Crippen LogP contribution < -0.4 is 9.80 Å². The van der Waals surface area contributed by atoms with Crippen LogP contribution in [0.15, 0.2) is 425 Å². The average molecular weight is 1500 g/mol. The molecule has 20 aromatic carbocycles. The van der Waals surface area contributed by atoms with Crippen molar-refractivity contribution in [3.63, 3.8) is 0 Å². The molecule has 20 aromatic rings. The van der Waals surface area contributed by atoms with Crippen LogP contribution in [0.2, 0.25) is 0 Å². The Kier molecular flexibility index (Phi) is 16.7. The van der Waals surface area contributed by atoms with Crippen LogP contribution in [0, 0.1) is 0 Å². The van der Waals surface area contributed by atoms with E-state index in [2.05, 4.69) is 462 Å². The molecule has 556 valence electrons. The first-order valence-electron chi connectivity index (χ1n) is 41.3. The summed E-state index contributed by atoms with van der Waals surface area (Å²) in [6.45, 7) is 9.50. The summed E-state index contributed by atoms with van der Waals surface area (Å²) >= 11 is 0. The maximum absolute atomic E-state index is 2.52. The number of hydrogen-bond acceptors (Lipinski definition) is 2. The highest BCUT2D eigenvalue weighted by Gasteiger charge is 2.39. The van der Waals surface area contributed by atoms with E-state index in [1.807, 2.05) is 0 Å². The van der Waals surface area contributed by atoms with E-state index in [4.69, 9.17) is 0 Å². The Morgan fingerprint density at radius 1 is 0.169 bits per heavy atom. The highest BCUT2D eigenvalue weighted by atomic mass is 15.2. The lowest BCUT2D eigenvalue weighted by Gasteiger charge is -2.30.